The zero-order chi connectivity index (χ0) is 13.3. The molecule has 0 spiro atoms. The molecule has 1 unspecified atom stereocenters. The molecule has 0 aromatic rings. The second kappa shape index (κ2) is 9.42. The number of carbonyl (C=O) groups excluding carboxylic acids is 1. The molecule has 102 valence electrons. The molecular formula is C13H29N3O. The number of nitrogens with zero attached hydrogens (tertiary/aromatic N) is 1. The van der Waals surface area contributed by atoms with Crippen LogP contribution in [-0.4, -0.2) is 44.5 Å². The molecule has 0 aromatic carbocycles. The van der Waals surface area contributed by atoms with Crippen LogP contribution in [0.3, 0.4) is 0 Å². The summed E-state index contributed by atoms with van der Waals surface area (Å²) >= 11 is 0. The third-order valence-electron chi connectivity index (χ3n) is 3.33. The van der Waals surface area contributed by atoms with E-state index in [0.717, 1.165) is 25.9 Å². The Morgan fingerprint density at radius 3 is 2.47 bits per heavy atom. The number of nitrogens with two attached hydrogens (primary N) is 1. The summed E-state index contributed by atoms with van der Waals surface area (Å²) in [6.07, 6.45) is 2.62. The molecule has 0 rings (SSSR count). The first-order valence-corrected chi connectivity index (χ1v) is 6.61. The smallest absolute Gasteiger partial charge is 0.222 e. The Morgan fingerprint density at radius 2 is 2.00 bits per heavy atom. The zero-order valence-electron chi connectivity index (χ0n) is 11.8. The maximum absolute atomic E-state index is 11.8. The van der Waals surface area contributed by atoms with Crippen molar-refractivity contribution < 1.29 is 4.79 Å². The number of carbonyl (C=O) groups is 1. The van der Waals surface area contributed by atoms with E-state index in [4.69, 9.17) is 5.73 Å². The average molecular weight is 243 g/mol. The predicted molar refractivity (Wildman–Crippen MR) is 72.8 cm³/mol. The van der Waals surface area contributed by atoms with Crippen LogP contribution in [0.2, 0.25) is 0 Å². The van der Waals surface area contributed by atoms with E-state index in [2.05, 4.69) is 19.2 Å². The highest BCUT2D eigenvalue weighted by Crippen LogP contribution is 2.20. The van der Waals surface area contributed by atoms with Crippen molar-refractivity contribution >= 4 is 5.91 Å². The van der Waals surface area contributed by atoms with Crippen LogP contribution in [0, 0.1) is 11.8 Å². The van der Waals surface area contributed by atoms with Crippen molar-refractivity contribution in [2.75, 3.05) is 33.7 Å². The monoisotopic (exact) mass is 243 g/mol. The molecule has 0 radical (unpaired) electrons. The van der Waals surface area contributed by atoms with E-state index in [-0.39, 0.29) is 5.91 Å². The summed E-state index contributed by atoms with van der Waals surface area (Å²) in [6, 6.07) is 0. The Hall–Kier alpha value is -0.610. The summed E-state index contributed by atoms with van der Waals surface area (Å²) in [6.45, 7) is 6.74. The largest absolute Gasteiger partial charge is 0.344 e. The Labute approximate surface area is 106 Å². The van der Waals surface area contributed by atoms with E-state index in [1.54, 1.807) is 4.90 Å². The van der Waals surface area contributed by atoms with Crippen LogP contribution in [0.1, 0.15) is 33.1 Å². The molecule has 0 bridgehead atoms. The van der Waals surface area contributed by atoms with Crippen LogP contribution in [-0.2, 0) is 4.79 Å². The third kappa shape index (κ3) is 7.34. The number of hydrogen-bond donors (Lipinski definition) is 2. The van der Waals surface area contributed by atoms with Gasteiger partial charge in [0.25, 0.3) is 0 Å². The van der Waals surface area contributed by atoms with Gasteiger partial charge in [-0.3, -0.25) is 4.79 Å². The molecular weight excluding hydrogens is 214 g/mol. The summed E-state index contributed by atoms with van der Waals surface area (Å²) in [5.74, 6) is 1.42. The maximum atomic E-state index is 11.8. The molecule has 0 heterocycles. The van der Waals surface area contributed by atoms with Gasteiger partial charge in [-0.05, 0) is 38.3 Å². The van der Waals surface area contributed by atoms with E-state index in [1.807, 2.05) is 14.1 Å². The first-order valence-electron chi connectivity index (χ1n) is 6.61. The molecule has 0 fully saturated rings. The molecule has 1 atom stereocenters. The fraction of sp³-hybridized carbons (Fsp3) is 0.923. The summed E-state index contributed by atoms with van der Waals surface area (Å²) in [5, 5.41) is 3.05. The van der Waals surface area contributed by atoms with E-state index in [9.17, 15) is 4.79 Å². The number of rotatable bonds is 9. The number of hydrogen-bond acceptors (Lipinski definition) is 3. The van der Waals surface area contributed by atoms with E-state index in [0.29, 0.717) is 24.8 Å². The van der Waals surface area contributed by atoms with Gasteiger partial charge in [0, 0.05) is 26.6 Å². The van der Waals surface area contributed by atoms with Crippen LogP contribution in [0.15, 0.2) is 0 Å². The van der Waals surface area contributed by atoms with Crippen LogP contribution in [0.25, 0.3) is 0 Å². The standard InChI is InChI=1S/C13H29N3O/c1-11(2)12(7-8-14)5-6-13(17)16(4)10-9-15-3/h11-12,15H,5-10,14H2,1-4H3. The molecule has 4 nitrogen and oxygen atoms in total. The predicted octanol–water partition coefficient (Wildman–Crippen LogP) is 1.07. The minimum atomic E-state index is 0.239. The third-order valence-corrected chi connectivity index (χ3v) is 3.33. The molecule has 1 amide bonds. The second-order valence-electron chi connectivity index (χ2n) is 5.04. The van der Waals surface area contributed by atoms with Crippen molar-refractivity contribution in [1.82, 2.24) is 10.2 Å². The lowest BCUT2D eigenvalue weighted by Crippen LogP contribution is -2.33. The highest BCUT2D eigenvalue weighted by Gasteiger charge is 2.15. The van der Waals surface area contributed by atoms with Crippen molar-refractivity contribution in [2.24, 2.45) is 17.6 Å². The molecule has 3 N–H and O–H groups in total. The van der Waals surface area contributed by atoms with E-state index in [1.165, 1.54) is 0 Å². The van der Waals surface area contributed by atoms with Crippen LogP contribution >= 0.6 is 0 Å². The summed E-state index contributed by atoms with van der Waals surface area (Å²) in [5.41, 5.74) is 5.60. The minimum Gasteiger partial charge on any atom is -0.344 e. The lowest BCUT2D eigenvalue weighted by Gasteiger charge is -2.22. The van der Waals surface area contributed by atoms with Gasteiger partial charge in [0.1, 0.15) is 0 Å². The first-order chi connectivity index (χ1) is 8.02. The molecule has 0 saturated heterocycles. The van der Waals surface area contributed by atoms with E-state index < -0.39 is 0 Å². The summed E-state index contributed by atoms with van der Waals surface area (Å²) < 4.78 is 0. The van der Waals surface area contributed by atoms with Gasteiger partial charge in [-0.25, -0.2) is 0 Å². The fourth-order valence-corrected chi connectivity index (χ4v) is 1.93. The highest BCUT2D eigenvalue weighted by atomic mass is 16.2. The second-order valence-corrected chi connectivity index (χ2v) is 5.04. The molecule has 0 aliphatic carbocycles. The SMILES string of the molecule is CNCCN(C)C(=O)CCC(CCN)C(C)C. The van der Waals surface area contributed by atoms with Gasteiger partial charge >= 0.3 is 0 Å². The van der Waals surface area contributed by atoms with Crippen molar-refractivity contribution in [2.45, 2.75) is 33.1 Å². The van der Waals surface area contributed by atoms with E-state index >= 15 is 0 Å². The fourth-order valence-electron chi connectivity index (χ4n) is 1.93. The topological polar surface area (TPSA) is 58.4 Å². The van der Waals surface area contributed by atoms with Gasteiger partial charge in [-0.2, -0.15) is 0 Å². The summed E-state index contributed by atoms with van der Waals surface area (Å²) in [4.78, 5) is 13.6. The van der Waals surface area contributed by atoms with Crippen molar-refractivity contribution in [1.29, 1.82) is 0 Å². The van der Waals surface area contributed by atoms with Crippen molar-refractivity contribution in [3.05, 3.63) is 0 Å². The van der Waals surface area contributed by atoms with Gasteiger partial charge in [0.15, 0.2) is 0 Å². The Morgan fingerprint density at radius 1 is 1.35 bits per heavy atom. The number of nitrogens with one attached hydrogen (secondary N) is 1. The summed E-state index contributed by atoms with van der Waals surface area (Å²) in [7, 11) is 3.77. The lowest BCUT2D eigenvalue weighted by atomic mass is 9.88. The van der Waals surface area contributed by atoms with Crippen LogP contribution in [0.4, 0.5) is 0 Å². The first kappa shape index (κ1) is 16.4. The number of likely N-dealkylation sites (N-methyl/N-ethyl adjacent to an activating group) is 2. The minimum absolute atomic E-state index is 0.239. The Balaban J connectivity index is 3.94. The molecule has 4 heteroatoms. The van der Waals surface area contributed by atoms with Crippen LogP contribution < -0.4 is 11.1 Å². The normalized spacial score (nSPS) is 12.8. The quantitative estimate of drug-likeness (QED) is 0.637. The number of amides is 1. The molecule has 17 heavy (non-hydrogen) atoms. The maximum Gasteiger partial charge on any atom is 0.222 e. The molecule has 0 aliphatic heterocycles. The van der Waals surface area contributed by atoms with Gasteiger partial charge in [0.2, 0.25) is 5.91 Å². The lowest BCUT2D eigenvalue weighted by molar-refractivity contribution is -0.130. The van der Waals surface area contributed by atoms with Gasteiger partial charge in [0.05, 0.1) is 0 Å². The average Bonchev–Trinajstić information content (AvgIpc) is 2.30. The van der Waals surface area contributed by atoms with Crippen LogP contribution in [0.5, 0.6) is 0 Å². The molecule has 0 aliphatic rings. The zero-order valence-corrected chi connectivity index (χ0v) is 11.8. The van der Waals surface area contributed by atoms with Gasteiger partial charge < -0.3 is 16.0 Å². The van der Waals surface area contributed by atoms with Gasteiger partial charge in [-0.1, -0.05) is 13.8 Å². The Bertz CT molecular complexity index is 207. The van der Waals surface area contributed by atoms with Gasteiger partial charge in [-0.15, -0.1) is 0 Å². The Kier molecular flexibility index (Phi) is 9.09. The van der Waals surface area contributed by atoms with Crippen molar-refractivity contribution in [3.8, 4) is 0 Å². The highest BCUT2D eigenvalue weighted by molar-refractivity contribution is 5.75. The molecule has 0 saturated carbocycles. The molecule has 0 aromatic heterocycles. The van der Waals surface area contributed by atoms with Crippen molar-refractivity contribution in [3.63, 3.8) is 0 Å².